The smallest absolute Gasteiger partial charge is 0.236 e. The molecule has 4 rings (SSSR count). The van der Waals surface area contributed by atoms with Gasteiger partial charge in [0.2, 0.25) is 11.9 Å². The van der Waals surface area contributed by atoms with Crippen LogP contribution in [0.4, 0.5) is 5.95 Å². The number of para-hydroxylation sites is 1. The second-order valence-corrected chi connectivity index (χ2v) is 9.24. The van der Waals surface area contributed by atoms with E-state index in [4.69, 9.17) is 16.6 Å². The summed E-state index contributed by atoms with van der Waals surface area (Å²) in [5.41, 5.74) is 2.19. The summed E-state index contributed by atoms with van der Waals surface area (Å²) < 4.78 is 0. The lowest BCUT2D eigenvalue weighted by Gasteiger charge is -2.33. The topological polar surface area (TPSA) is 106 Å². The average molecular weight is 457 g/mol. The molecule has 1 aromatic carbocycles. The Kier molecular flexibility index (Phi) is 6.64. The third-order valence-electron chi connectivity index (χ3n) is 5.88. The summed E-state index contributed by atoms with van der Waals surface area (Å²) in [5, 5.41) is 17.4. The van der Waals surface area contributed by atoms with Crippen molar-refractivity contribution in [3.8, 4) is 11.3 Å². The lowest BCUT2D eigenvalue weighted by atomic mass is 10.0. The number of anilines is 1. The first kappa shape index (κ1) is 22.5. The average Bonchev–Trinajstić information content (AvgIpc) is 3.23. The highest BCUT2D eigenvalue weighted by Crippen LogP contribution is 2.32. The van der Waals surface area contributed by atoms with Gasteiger partial charge in [0, 0.05) is 47.3 Å². The van der Waals surface area contributed by atoms with Gasteiger partial charge in [-0.15, -0.1) is 0 Å². The van der Waals surface area contributed by atoms with Gasteiger partial charge in [-0.05, 0) is 32.8 Å². The van der Waals surface area contributed by atoms with E-state index in [0.29, 0.717) is 29.8 Å². The molecule has 1 amide bonds. The molecule has 8 nitrogen and oxygen atoms in total. The van der Waals surface area contributed by atoms with E-state index in [9.17, 15) is 9.90 Å². The van der Waals surface area contributed by atoms with Crippen LogP contribution in [0.3, 0.4) is 0 Å². The monoisotopic (exact) mass is 456 g/mol. The van der Waals surface area contributed by atoms with Crippen LogP contribution in [0.5, 0.6) is 0 Å². The Labute approximate surface area is 192 Å². The number of aliphatic hydroxyl groups is 1. The Morgan fingerprint density at radius 2 is 2.06 bits per heavy atom. The molecule has 0 aliphatic carbocycles. The maximum absolute atomic E-state index is 12.5. The summed E-state index contributed by atoms with van der Waals surface area (Å²) in [6, 6.07) is 8.21. The van der Waals surface area contributed by atoms with E-state index < -0.39 is 5.54 Å². The van der Waals surface area contributed by atoms with Crippen LogP contribution >= 0.6 is 11.6 Å². The molecule has 0 atom stereocenters. The largest absolute Gasteiger partial charge is 0.394 e. The highest BCUT2D eigenvalue weighted by atomic mass is 35.5. The highest BCUT2D eigenvalue weighted by Gasteiger charge is 2.25. The first-order chi connectivity index (χ1) is 15.4. The molecule has 1 aliphatic heterocycles. The molecule has 1 fully saturated rings. The number of likely N-dealkylation sites (tertiary alicyclic amines) is 1. The van der Waals surface area contributed by atoms with Gasteiger partial charge < -0.3 is 25.6 Å². The molecular formula is C23H29ClN6O2. The fourth-order valence-electron chi connectivity index (χ4n) is 3.83. The van der Waals surface area contributed by atoms with Gasteiger partial charge in [-0.3, -0.25) is 4.79 Å². The first-order valence-electron chi connectivity index (χ1n) is 10.9. The summed E-state index contributed by atoms with van der Waals surface area (Å²) in [7, 11) is 0. The Bertz CT molecular complexity index is 1090. The van der Waals surface area contributed by atoms with Crippen molar-refractivity contribution in [2.24, 2.45) is 0 Å². The van der Waals surface area contributed by atoms with Gasteiger partial charge in [0.15, 0.2) is 0 Å². The molecule has 0 saturated carbocycles. The number of benzene rings is 1. The Morgan fingerprint density at radius 1 is 1.31 bits per heavy atom. The normalized spacial score (nSPS) is 15.3. The van der Waals surface area contributed by atoms with Crippen LogP contribution in [0.15, 0.2) is 36.7 Å². The van der Waals surface area contributed by atoms with Crippen LogP contribution in [0, 0.1) is 0 Å². The number of carbonyl (C=O) groups is 1. The number of fused-ring (bicyclic) bond motifs is 1. The van der Waals surface area contributed by atoms with Crippen molar-refractivity contribution in [1.29, 1.82) is 0 Å². The minimum absolute atomic E-state index is 0.0199. The number of H-pyrrole nitrogens is 1. The molecule has 0 spiro atoms. The molecule has 32 heavy (non-hydrogen) atoms. The molecule has 1 saturated heterocycles. The van der Waals surface area contributed by atoms with Crippen LogP contribution in [-0.4, -0.2) is 68.7 Å². The summed E-state index contributed by atoms with van der Waals surface area (Å²) in [6.07, 6.45) is 5.16. The number of aromatic nitrogens is 3. The second kappa shape index (κ2) is 9.44. The van der Waals surface area contributed by atoms with Gasteiger partial charge in [0.25, 0.3) is 0 Å². The number of hydrogen-bond donors (Lipinski definition) is 4. The van der Waals surface area contributed by atoms with Crippen molar-refractivity contribution in [2.45, 2.75) is 38.3 Å². The number of nitrogens with one attached hydrogen (secondary N) is 3. The van der Waals surface area contributed by atoms with Crippen molar-refractivity contribution >= 4 is 34.4 Å². The maximum Gasteiger partial charge on any atom is 0.236 e. The molecular weight excluding hydrogens is 428 g/mol. The predicted octanol–water partition coefficient (Wildman–Crippen LogP) is 3.04. The molecule has 170 valence electrons. The minimum atomic E-state index is -0.468. The number of halogens is 1. The molecule has 0 radical (unpaired) electrons. The summed E-state index contributed by atoms with van der Waals surface area (Å²) in [5.74, 6) is 0.583. The quantitative estimate of drug-likeness (QED) is 0.435. The van der Waals surface area contributed by atoms with Crippen LogP contribution in [-0.2, 0) is 4.79 Å². The van der Waals surface area contributed by atoms with Crippen molar-refractivity contribution in [3.63, 3.8) is 0 Å². The summed E-state index contributed by atoms with van der Waals surface area (Å²) in [4.78, 5) is 26.6. The highest BCUT2D eigenvalue weighted by molar-refractivity contribution is 6.33. The van der Waals surface area contributed by atoms with Crippen molar-refractivity contribution in [1.82, 2.24) is 25.2 Å². The van der Waals surface area contributed by atoms with Crippen LogP contribution in [0.1, 0.15) is 26.7 Å². The number of aromatic amines is 1. The molecule has 0 bridgehead atoms. The zero-order valence-electron chi connectivity index (χ0n) is 18.4. The molecule has 9 heteroatoms. The number of amides is 1. The van der Waals surface area contributed by atoms with Gasteiger partial charge in [-0.2, -0.15) is 0 Å². The molecule has 3 heterocycles. The Morgan fingerprint density at radius 3 is 2.81 bits per heavy atom. The van der Waals surface area contributed by atoms with E-state index in [1.807, 2.05) is 49.2 Å². The second-order valence-electron chi connectivity index (χ2n) is 8.83. The number of carbonyl (C=O) groups excluding carboxylic acids is 1. The van der Waals surface area contributed by atoms with E-state index in [-0.39, 0.29) is 25.1 Å². The fraction of sp³-hybridized carbons (Fsp3) is 0.435. The molecule has 3 aromatic rings. The van der Waals surface area contributed by atoms with E-state index in [1.54, 1.807) is 6.20 Å². The standard InChI is InChI=1S/C23H29ClN6O2/c1-23(2,14-31)27-13-20(32)30-9-7-15(8-10-30)28-22-26-12-18(24)21(29-22)17-11-25-19-6-4-3-5-16(17)19/h3-6,11-12,15,25,27,31H,7-10,13-14H2,1-2H3,(H,26,28,29). The SMILES string of the molecule is CC(C)(CO)NCC(=O)N1CCC(Nc2ncc(Cl)c(-c3c[nH]c4ccccc34)n2)CC1. The molecule has 2 aromatic heterocycles. The number of aliphatic hydroxyl groups excluding tert-OH is 1. The maximum atomic E-state index is 12.5. The van der Waals surface area contributed by atoms with Gasteiger partial charge in [-0.25, -0.2) is 9.97 Å². The Balaban J connectivity index is 1.38. The zero-order chi connectivity index (χ0) is 22.7. The zero-order valence-corrected chi connectivity index (χ0v) is 19.1. The lowest BCUT2D eigenvalue weighted by molar-refractivity contribution is -0.131. The number of piperidine rings is 1. The number of nitrogens with zero attached hydrogens (tertiary/aromatic N) is 3. The van der Waals surface area contributed by atoms with Gasteiger partial charge in [-0.1, -0.05) is 29.8 Å². The van der Waals surface area contributed by atoms with E-state index in [2.05, 4.69) is 20.6 Å². The van der Waals surface area contributed by atoms with Gasteiger partial charge in [0.1, 0.15) is 0 Å². The van der Waals surface area contributed by atoms with Gasteiger partial charge >= 0.3 is 0 Å². The number of rotatable bonds is 7. The summed E-state index contributed by atoms with van der Waals surface area (Å²) >= 11 is 6.42. The lowest BCUT2D eigenvalue weighted by Crippen LogP contribution is -2.50. The van der Waals surface area contributed by atoms with Crippen molar-refractivity contribution in [3.05, 3.63) is 41.7 Å². The molecule has 4 N–H and O–H groups in total. The number of hydrogen-bond acceptors (Lipinski definition) is 6. The van der Waals surface area contributed by atoms with Crippen LogP contribution < -0.4 is 10.6 Å². The fourth-order valence-corrected chi connectivity index (χ4v) is 4.02. The van der Waals surface area contributed by atoms with Crippen molar-refractivity contribution in [2.75, 3.05) is 31.6 Å². The van der Waals surface area contributed by atoms with Crippen LogP contribution in [0.2, 0.25) is 5.02 Å². The minimum Gasteiger partial charge on any atom is -0.394 e. The summed E-state index contributed by atoms with van der Waals surface area (Å²) in [6.45, 7) is 5.27. The van der Waals surface area contributed by atoms with E-state index in [0.717, 1.165) is 29.3 Å². The van der Waals surface area contributed by atoms with E-state index in [1.165, 1.54) is 0 Å². The van der Waals surface area contributed by atoms with Gasteiger partial charge in [0.05, 0.1) is 30.1 Å². The van der Waals surface area contributed by atoms with Crippen LogP contribution in [0.25, 0.3) is 22.2 Å². The predicted molar refractivity (Wildman–Crippen MR) is 127 cm³/mol. The first-order valence-corrected chi connectivity index (χ1v) is 11.2. The third-order valence-corrected chi connectivity index (χ3v) is 6.16. The van der Waals surface area contributed by atoms with E-state index >= 15 is 0 Å². The Hall–Kier alpha value is -2.68. The molecule has 1 aliphatic rings. The third kappa shape index (κ3) is 5.03. The van der Waals surface area contributed by atoms with Crippen molar-refractivity contribution < 1.29 is 9.90 Å². The molecule has 0 unspecified atom stereocenters.